The maximum Gasteiger partial charge on any atom is 0.267 e. The number of hydrogen-bond donors (Lipinski definition) is 2. The number of ether oxygens (including phenoxy) is 2. The highest BCUT2D eigenvalue weighted by molar-refractivity contribution is 7.89. The molecule has 0 saturated heterocycles. The first-order chi connectivity index (χ1) is 12.8. The van der Waals surface area contributed by atoms with Crippen molar-refractivity contribution in [3.05, 3.63) is 40.7 Å². The van der Waals surface area contributed by atoms with Crippen LogP contribution in [0.1, 0.15) is 16.1 Å². The van der Waals surface area contributed by atoms with Crippen molar-refractivity contribution in [2.75, 3.05) is 26.8 Å². The number of carbonyl (C=O) groups excluding carboxylic acids is 1. The van der Waals surface area contributed by atoms with E-state index in [1.807, 2.05) is 6.07 Å². The average Bonchev–Trinajstić information content (AvgIpc) is 3.04. The summed E-state index contributed by atoms with van der Waals surface area (Å²) in [6.07, 6.45) is 1.93. The van der Waals surface area contributed by atoms with E-state index in [0.29, 0.717) is 42.7 Å². The molecule has 0 saturated carbocycles. The number of benzene rings is 1. The predicted octanol–water partition coefficient (Wildman–Crippen LogP) is 1.33. The summed E-state index contributed by atoms with van der Waals surface area (Å²) < 4.78 is 38.4. The lowest BCUT2D eigenvalue weighted by atomic mass is 10.1. The van der Waals surface area contributed by atoms with Crippen LogP contribution in [0.25, 0.3) is 0 Å². The van der Waals surface area contributed by atoms with Gasteiger partial charge >= 0.3 is 0 Å². The Morgan fingerprint density at radius 2 is 2.00 bits per heavy atom. The highest BCUT2D eigenvalue weighted by atomic mass is 35.5. The molecule has 0 spiro atoms. The highest BCUT2D eigenvalue weighted by Crippen LogP contribution is 2.38. The molecule has 2 aromatic rings. The summed E-state index contributed by atoms with van der Waals surface area (Å²) in [4.78, 5) is 12.4. The molecule has 8 nitrogen and oxygen atoms in total. The molecule has 0 fully saturated rings. The number of fused-ring (bicyclic) bond motifs is 1. The lowest BCUT2D eigenvalue weighted by Crippen LogP contribution is -2.27. The first-order valence-corrected chi connectivity index (χ1v) is 10.1. The summed E-state index contributed by atoms with van der Waals surface area (Å²) in [5, 5.41) is 3.25. The lowest BCUT2D eigenvalue weighted by molar-refractivity contribution is 0.0946. The third-order valence-corrected chi connectivity index (χ3v) is 5.81. The van der Waals surface area contributed by atoms with E-state index in [2.05, 4.69) is 10.0 Å². The van der Waals surface area contributed by atoms with E-state index in [1.165, 1.54) is 23.9 Å². The standard InChI is InChI=1S/C17H20ClN3O5S/c1-19-27(23,24)12-9-14(21(2)10-12)17(22)20-4-3-11-7-13(18)16-15(8-11)25-5-6-26-16/h7-10,19H,3-6H2,1-2H3,(H,20,22). The number of rotatable bonds is 6. The summed E-state index contributed by atoms with van der Waals surface area (Å²) >= 11 is 6.21. The van der Waals surface area contributed by atoms with Gasteiger partial charge in [0, 0.05) is 19.8 Å². The second kappa shape index (κ2) is 7.79. The van der Waals surface area contributed by atoms with Crippen molar-refractivity contribution in [2.24, 2.45) is 7.05 Å². The van der Waals surface area contributed by atoms with Gasteiger partial charge in [-0.15, -0.1) is 0 Å². The van der Waals surface area contributed by atoms with Crippen LogP contribution in [0.15, 0.2) is 29.3 Å². The Morgan fingerprint density at radius 3 is 2.74 bits per heavy atom. The Hall–Kier alpha value is -2.23. The zero-order chi connectivity index (χ0) is 19.6. The van der Waals surface area contributed by atoms with Crippen molar-refractivity contribution in [3.63, 3.8) is 0 Å². The van der Waals surface area contributed by atoms with Crippen LogP contribution in [0.2, 0.25) is 5.02 Å². The van der Waals surface area contributed by atoms with Crippen LogP contribution in [-0.2, 0) is 23.5 Å². The quantitative estimate of drug-likeness (QED) is 0.744. The predicted molar refractivity (Wildman–Crippen MR) is 100 cm³/mol. The Morgan fingerprint density at radius 1 is 1.26 bits per heavy atom. The molecule has 0 aliphatic carbocycles. The van der Waals surface area contributed by atoms with Crippen LogP contribution < -0.4 is 19.5 Å². The molecule has 0 unspecified atom stereocenters. The molecule has 27 heavy (non-hydrogen) atoms. The van der Waals surface area contributed by atoms with Crippen LogP contribution in [0.3, 0.4) is 0 Å². The number of halogens is 1. The third kappa shape index (κ3) is 4.20. The first kappa shape index (κ1) is 19.5. The first-order valence-electron chi connectivity index (χ1n) is 8.28. The van der Waals surface area contributed by atoms with Crippen molar-refractivity contribution in [2.45, 2.75) is 11.3 Å². The number of nitrogens with zero attached hydrogens (tertiary/aromatic N) is 1. The van der Waals surface area contributed by atoms with E-state index in [-0.39, 0.29) is 16.5 Å². The fourth-order valence-electron chi connectivity index (χ4n) is 2.74. The van der Waals surface area contributed by atoms with Crippen LogP contribution in [0.4, 0.5) is 0 Å². The smallest absolute Gasteiger partial charge is 0.267 e. The molecule has 2 N–H and O–H groups in total. The van der Waals surface area contributed by atoms with Crippen LogP contribution in [0.5, 0.6) is 11.5 Å². The molecular formula is C17H20ClN3O5S. The molecule has 1 aromatic carbocycles. The van der Waals surface area contributed by atoms with Gasteiger partial charge in [-0.1, -0.05) is 11.6 Å². The SMILES string of the molecule is CNS(=O)(=O)c1cc(C(=O)NCCc2cc(Cl)c3c(c2)OCCO3)n(C)c1. The van der Waals surface area contributed by atoms with E-state index in [4.69, 9.17) is 21.1 Å². The Kier molecular flexibility index (Phi) is 5.64. The minimum Gasteiger partial charge on any atom is -0.486 e. The summed E-state index contributed by atoms with van der Waals surface area (Å²) in [7, 11) is -0.666. The maximum atomic E-state index is 12.4. The summed E-state index contributed by atoms with van der Waals surface area (Å²) in [5.74, 6) is 0.774. The number of hydrogen-bond acceptors (Lipinski definition) is 5. The fraction of sp³-hybridized carbons (Fsp3) is 0.353. The number of aryl methyl sites for hydroxylation is 1. The van der Waals surface area contributed by atoms with Gasteiger partial charge < -0.3 is 19.4 Å². The fourth-order valence-corrected chi connectivity index (χ4v) is 3.83. The minimum atomic E-state index is -3.60. The van der Waals surface area contributed by atoms with Gasteiger partial charge in [-0.3, -0.25) is 4.79 Å². The summed E-state index contributed by atoms with van der Waals surface area (Å²) in [6.45, 7) is 1.28. The van der Waals surface area contributed by atoms with E-state index < -0.39 is 10.0 Å². The van der Waals surface area contributed by atoms with E-state index >= 15 is 0 Å². The zero-order valence-electron chi connectivity index (χ0n) is 14.9. The molecular weight excluding hydrogens is 394 g/mol. The van der Waals surface area contributed by atoms with E-state index in [0.717, 1.165) is 5.56 Å². The molecule has 3 rings (SSSR count). The van der Waals surface area contributed by atoms with Crippen molar-refractivity contribution >= 4 is 27.5 Å². The maximum absolute atomic E-state index is 12.4. The molecule has 0 radical (unpaired) electrons. The van der Waals surface area contributed by atoms with Crippen molar-refractivity contribution in [3.8, 4) is 11.5 Å². The van der Waals surface area contributed by atoms with Gasteiger partial charge in [0.1, 0.15) is 23.8 Å². The number of amides is 1. The number of aromatic nitrogens is 1. The van der Waals surface area contributed by atoms with Crippen molar-refractivity contribution < 1.29 is 22.7 Å². The monoisotopic (exact) mass is 413 g/mol. The Labute approximate surface area is 162 Å². The van der Waals surface area contributed by atoms with E-state index in [9.17, 15) is 13.2 Å². The molecule has 0 atom stereocenters. The average molecular weight is 414 g/mol. The normalized spacial score (nSPS) is 13.4. The van der Waals surface area contributed by atoms with Crippen LogP contribution >= 0.6 is 11.6 Å². The van der Waals surface area contributed by atoms with Gasteiger partial charge in [-0.05, 0) is 37.2 Å². The second-order valence-electron chi connectivity index (χ2n) is 5.99. The lowest BCUT2D eigenvalue weighted by Gasteiger charge is -2.20. The zero-order valence-corrected chi connectivity index (χ0v) is 16.5. The topological polar surface area (TPSA) is 98.7 Å². The largest absolute Gasteiger partial charge is 0.486 e. The molecule has 1 aliphatic rings. The number of sulfonamides is 1. The molecule has 2 heterocycles. The second-order valence-corrected chi connectivity index (χ2v) is 8.28. The van der Waals surface area contributed by atoms with E-state index in [1.54, 1.807) is 13.1 Å². The Balaban J connectivity index is 1.64. The molecule has 10 heteroatoms. The molecule has 1 amide bonds. The van der Waals surface area contributed by atoms with Crippen molar-refractivity contribution in [1.29, 1.82) is 0 Å². The van der Waals surface area contributed by atoms with Gasteiger partial charge in [-0.25, -0.2) is 13.1 Å². The molecule has 1 aromatic heterocycles. The Bertz CT molecular complexity index is 971. The summed E-state index contributed by atoms with van der Waals surface area (Å²) in [6, 6.07) is 4.95. The molecule has 146 valence electrons. The number of nitrogens with one attached hydrogen (secondary N) is 2. The van der Waals surface area contributed by atoms with Gasteiger partial charge in [0.2, 0.25) is 10.0 Å². The highest BCUT2D eigenvalue weighted by Gasteiger charge is 2.19. The van der Waals surface area contributed by atoms with Gasteiger partial charge in [0.05, 0.1) is 5.02 Å². The third-order valence-electron chi connectivity index (χ3n) is 4.15. The minimum absolute atomic E-state index is 0.0382. The summed E-state index contributed by atoms with van der Waals surface area (Å²) in [5.41, 5.74) is 1.15. The van der Waals surface area contributed by atoms with Gasteiger partial charge in [0.15, 0.2) is 11.5 Å². The molecule has 0 bridgehead atoms. The van der Waals surface area contributed by atoms with Crippen LogP contribution in [-0.4, -0.2) is 45.7 Å². The number of carbonyl (C=O) groups is 1. The van der Waals surface area contributed by atoms with Gasteiger partial charge in [-0.2, -0.15) is 0 Å². The van der Waals surface area contributed by atoms with Crippen molar-refractivity contribution in [1.82, 2.24) is 14.6 Å². The molecule has 1 aliphatic heterocycles. The van der Waals surface area contributed by atoms with Gasteiger partial charge in [0.25, 0.3) is 5.91 Å². The van der Waals surface area contributed by atoms with Crippen LogP contribution in [0, 0.1) is 0 Å².